The number of azo groups is 1. The van der Waals surface area contributed by atoms with E-state index in [1.807, 2.05) is 30.3 Å². The van der Waals surface area contributed by atoms with Gasteiger partial charge in [-0.1, -0.05) is 18.2 Å². The summed E-state index contributed by atoms with van der Waals surface area (Å²) in [4.78, 5) is 6.79. The molecule has 0 atom stereocenters. The molecule has 3 aliphatic rings. The molecule has 2 aromatic rings. The van der Waals surface area contributed by atoms with Gasteiger partial charge < -0.3 is 18.4 Å². The second-order valence-electron chi connectivity index (χ2n) is 7.49. The summed E-state index contributed by atoms with van der Waals surface area (Å²) in [5.74, 6) is 0.162. The number of hydrogen-bond donors (Lipinski definition) is 1. The molecule has 0 radical (unpaired) electrons. The Kier molecular flexibility index (Phi) is 7.55. The summed E-state index contributed by atoms with van der Waals surface area (Å²) in [5, 5.41) is 18.6. The largest absolute Gasteiger partial charge is 0.507 e. The third-order valence-electron chi connectivity index (χ3n) is 5.24. The molecule has 0 spiro atoms. The Bertz CT molecular complexity index is 883. The van der Waals surface area contributed by atoms with Crippen LogP contribution in [0.25, 0.3) is 0 Å². The number of rotatable bonds is 7. The van der Waals surface area contributed by atoms with Crippen molar-refractivity contribution >= 4 is 26.4 Å². The fourth-order valence-corrected chi connectivity index (χ4v) is 6.02. The minimum Gasteiger partial charge on any atom is -0.507 e. The Morgan fingerprint density at radius 3 is 2.29 bits per heavy atom. The van der Waals surface area contributed by atoms with E-state index in [0.29, 0.717) is 37.6 Å². The first-order chi connectivity index (χ1) is 15.2. The normalized spacial score (nSPS) is 24.3. The van der Waals surface area contributed by atoms with Crippen LogP contribution < -0.4 is 0 Å². The number of fused-ring (bicyclic) bond motifs is 6. The van der Waals surface area contributed by atoms with Crippen molar-refractivity contribution in [1.82, 2.24) is 4.90 Å². The molecule has 3 saturated heterocycles. The van der Waals surface area contributed by atoms with Crippen molar-refractivity contribution in [2.45, 2.75) is 12.5 Å². The maximum atomic E-state index is 10.1. The highest BCUT2D eigenvalue weighted by Crippen LogP contribution is 2.25. The Labute approximate surface area is 183 Å². The van der Waals surface area contributed by atoms with Crippen LogP contribution in [0.15, 0.2) is 63.8 Å². The predicted molar refractivity (Wildman–Crippen MR) is 121 cm³/mol. The molecule has 2 aromatic carbocycles. The molecule has 0 saturated carbocycles. The molecule has 0 aromatic heterocycles. The van der Waals surface area contributed by atoms with Crippen LogP contribution in [0.3, 0.4) is 0 Å². The first-order valence-electron chi connectivity index (χ1n) is 10.7. The molecular formula is C22H28N4O4Si. The van der Waals surface area contributed by atoms with E-state index in [2.05, 4.69) is 20.1 Å². The minimum atomic E-state index is -2.60. The number of nitrogens with zero attached hydrogens (tertiary/aromatic N) is 4. The Balaban J connectivity index is 1.31. The smallest absolute Gasteiger partial charge is 0.501 e. The second-order valence-corrected chi connectivity index (χ2v) is 10.2. The average Bonchev–Trinajstić information content (AvgIpc) is 2.75. The highest BCUT2D eigenvalue weighted by Gasteiger charge is 2.43. The lowest BCUT2D eigenvalue weighted by molar-refractivity contribution is -0.00841. The van der Waals surface area contributed by atoms with Gasteiger partial charge in [-0.25, -0.2) is 0 Å². The third kappa shape index (κ3) is 6.28. The molecule has 9 heteroatoms. The quantitative estimate of drug-likeness (QED) is 0.305. The van der Waals surface area contributed by atoms with Crippen molar-refractivity contribution in [3.63, 3.8) is 0 Å². The summed E-state index contributed by atoms with van der Waals surface area (Å²) in [6.45, 7) is 5.41. The first kappa shape index (κ1) is 21.8. The van der Waals surface area contributed by atoms with Crippen LogP contribution in [0.1, 0.15) is 12.0 Å². The molecule has 164 valence electrons. The average molecular weight is 441 g/mol. The number of hydrogen-bond acceptors (Lipinski definition) is 8. The lowest BCUT2D eigenvalue weighted by Gasteiger charge is -2.38. The van der Waals surface area contributed by atoms with Gasteiger partial charge in [-0.05, 0) is 36.8 Å². The molecule has 3 aliphatic heterocycles. The monoisotopic (exact) mass is 440 g/mol. The van der Waals surface area contributed by atoms with Crippen LogP contribution in [-0.2, 0) is 13.3 Å². The van der Waals surface area contributed by atoms with Crippen molar-refractivity contribution in [3.8, 4) is 5.75 Å². The molecule has 8 nitrogen and oxygen atoms in total. The molecule has 0 unspecified atom stereocenters. The van der Waals surface area contributed by atoms with E-state index in [0.717, 1.165) is 37.8 Å². The second kappa shape index (κ2) is 10.7. The number of aliphatic imine (C=N–C) groups is 1. The standard InChI is InChI=1S/C22H28N4O4Si/c27-22-8-7-21(25-24-20-5-2-1-3-6-20)17-19(22)18-23-9-4-16-31-28-13-10-26(11-14-29-31)12-15-30-31/h1-3,5-8,17-18,27H,4,9-16H2. The highest BCUT2D eigenvalue weighted by molar-refractivity contribution is 6.60. The van der Waals surface area contributed by atoms with Crippen LogP contribution in [0.5, 0.6) is 5.75 Å². The molecular weight excluding hydrogens is 412 g/mol. The van der Waals surface area contributed by atoms with Gasteiger partial charge in [-0.15, -0.1) is 0 Å². The fraction of sp³-hybridized carbons (Fsp3) is 0.409. The van der Waals surface area contributed by atoms with Gasteiger partial charge in [0.05, 0.1) is 31.2 Å². The zero-order valence-electron chi connectivity index (χ0n) is 17.5. The van der Waals surface area contributed by atoms with Gasteiger partial charge in [0, 0.05) is 44.0 Å². The van der Waals surface area contributed by atoms with Crippen molar-refractivity contribution in [3.05, 3.63) is 54.1 Å². The maximum absolute atomic E-state index is 10.1. The molecule has 3 fully saturated rings. The summed E-state index contributed by atoms with van der Waals surface area (Å²) in [7, 11) is -2.60. The summed E-state index contributed by atoms with van der Waals surface area (Å²) in [6, 6.07) is 15.4. The van der Waals surface area contributed by atoms with Crippen LogP contribution in [-0.4, -0.2) is 71.0 Å². The molecule has 5 rings (SSSR count). The van der Waals surface area contributed by atoms with Gasteiger partial charge in [0.2, 0.25) is 0 Å². The third-order valence-corrected chi connectivity index (χ3v) is 8.14. The van der Waals surface area contributed by atoms with E-state index in [1.165, 1.54) is 0 Å². The van der Waals surface area contributed by atoms with E-state index in [4.69, 9.17) is 13.3 Å². The summed E-state index contributed by atoms with van der Waals surface area (Å²) < 4.78 is 18.1. The van der Waals surface area contributed by atoms with Gasteiger partial charge in [0.25, 0.3) is 0 Å². The summed E-state index contributed by atoms with van der Waals surface area (Å²) in [6.07, 6.45) is 2.48. The molecule has 0 aliphatic carbocycles. The maximum Gasteiger partial charge on any atom is 0.501 e. The summed E-state index contributed by atoms with van der Waals surface area (Å²) in [5.41, 5.74) is 2.04. The van der Waals surface area contributed by atoms with Crippen molar-refractivity contribution in [2.24, 2.45) is 15.2 Å². The van der Waals surface area contributed by atoms with Gasteiger partial charge in [-0.3, -0.25) is 9.89 Å². The van der Waals surface area contributed by atoms with Crippen LogP contribution >= 0.6 is 0 Å². The SMILES string of the molecule is Oc1ccc(N=Nc2ccccc2)cc1C=NCCC[Si]12OCCN(CCO1)CCO2. The zero-order valence-corrected chi connectivity index (χ0v) is 18.5. The van der Waals surface area contributed by atoms with Gasteiger partial charge in [-0.2, -0.15) is 10.2 Å². The first-order valence-corrected chi connectivity index (χ1v) is 12.6. The molecule has 0 amide bonds. The van der Waals surface area contributed by atoms with Crippen LogP contribution in [0, 0.1) is 0 Å². The Hall–Kier alpha value is -2.43. The fourth-order valence-electron chi connectivity index (χ4n) is 3.54. The number of phenols is 1. The number of aromatic hydroxyl groups is 1. The lowest BCUT2D eigenvalue weighted by atomic mass is 10.2. The summed E-state index contributed by atoms with van der Waals surface area (Å²) >= 11 is 0. The molecule has 3 heterocycles. The van der Waals surface area contributed by atoms with Gasteiger partial charge >= 0.3 is 8.80 Å². The number of phenolic OH excluding ortho intramolecular Hbond substituents is 1. The van der Waals surface area contributed by atoms with E-state index in [-0.39, 0.29) is 5.75 Å². The number of benzene rings is 2. The van der Waals surface area contributed by atoms with E-state index in [9.17, 15) is 5.11 Å². The Morgan fingerprint density at radius 1 is 0.903 bits per heavy atom. The van der Waals surface area contributed by atoms with Crippen LogP contribution in [0.2, 0.25) is 6.04 Å². The highest BCUT2D eigenvalue weighted by atomic mass is 28.4. The minimum absolute atomic E-state index is 0.162. The Morgan fingerprint density at radius 2 is 1.58 bits per heavy atom. The van der Waals surface area contributed by atoms with Crippen molar-refractivity contribution < 1.29 is 18.4 Å². The van der Waals surface area contributed by atoms with Gasteiger partial charge in [0.15, 0.2) is 0 Å². The van der Waals surface area contributed by atoms with Crippen LogP contribution in [0.4, 0.5) is 11.4 Å². The van der Waals surface area contributed by atoms with Crippen molar-refractivity contribution in [2.75, 3.05) is 46.0 Å². The van der Waals surface area contributed by atoms with E-state index in [1.54, 1.807) is 24.4 Å². The topological polar surface area (TPSA) is 88.2 Å². The lowest BCUT2D eigenvalue weighted by Crippen LogP contribution is -2.55. The molecule has 31 heavy (non-hydrogen) atoms. The predicted octanol–water partition coefficient (Wildman–Crippen LogP) is 3.93. The van der Waals surface area contributed by atoms with Crippen molar-refractivity contribution in [1.29, 1.82) is 0 Å². The molecule has 1 N–H and O–H groups in total. The van der Waals surface area contributed by atoms with Gasteiger partial charge in [0.1, 0.15) is 5.75 Å². The molecule has 2 bridgehead atoms. The van der Waals surface area contributed by atoms with E-state index < -0.39 is 8.80 Å². The van der Waals surface area contributed by atoms with E-state index >= 15 is 0 Å². The zero-order chi connectivity index (χ0) is 21.4.